The van der Waals surface area contributed by atoms with Crippen molar-refractivity contribution in [2.45, 2.75) is 25.8 Å². The molecule has 2 aliphatic rings. The fraction of sp³-hybridized carbons (Fsp3) is 0.556. The van der Waals surface area contributed by atoms with E-state index in [2.05, 4.69) is 19.9 Å². The van der Waals surface area contributed by atoms with Crippen LogP contribution in [0.2, 0.25) is 0 Å². The molecule has 1 saturated heterocycles. The van der Waals surface area contributed by atoms with Gasteiger partial charge in [0.2, 0.25) is 5.89 Å². The molecule has 0 radical (unpaired) electrons. The Morgan fingerprint density at radius 2 is 1.83 bits per heavy atom. The molecule has 1 aliphatic heterocycles. The summed E-state index contributed by atoms with van der Waals surface area (Å²) in [6.45, 7) is 6.26. The van der Waals surface area contributed by atoms with E-state index in [0.29, 0.717) is 30.2 Å². The second-order valence-electron chi connectivity index (χ2n) is 6.89. The maximum Gasteiger partial charge on any atom is 0.240 e. The van der Waals surface area contributed by atoms with E-state index in [1.54, 1.807) is 12.1 Å². The summed E-state index contributed by atoms with van der Waals surface area (Å²) >= 11 is 0. The summed E-state index contributed by atoms with van der Waals surface area (Å²) in [6.07, 6.45) is 3.19. The molecule has 4 rings (SSSR count). The van der Waals surface area contributed by atoms with Gasteiger partial charge in [-0.05, 0) is 30.4 Å². The first-order valence-electron chi connectivity index (χ1n) is 8.76. The minimum absolute atomic E-state index is 0.226. The highest BCUT2D eigenvalue weighted by Gasteiger charge is 2.26. The molecule has 0 amide bonds. The summed E-state index contributed by atoms with van der Waals surface area (Å²) < 4.78 is 19.0. The molecular formula is C18H23FN4O. The molecule has 1 aliphatic carbocycles. The largest absolute Gasteiger partial charge is 0.338 e. The van der Waals surface area contributed by atoms with Crippen LogP contribution in [0, 0.1) is 11.7 Å². The van der Waals surface area contributed by atoms with Gasteiger partial charge in [0.1, 0.15) is 5.82 Å². The van der Waals surface area contributed by atoms with Gasteiger partial charge in [-0.2, -0.15) is 4.98 Å². The first-order valence-corrected chi connectivity index (χ1v) is 8.76. The van der Waals surface area contributed by atoms with Gasteiger partial charge >= 0.3 is 0 Å². The molecule has 2 fully saturated rings. The van der Waals surface area contributed by atoms with Crippen LogP contribution in [0.1, 0.15) is 30.1 Å². The molecule has 0 N–H and O–H groups in total. The fourth-order valence-electron chi connectivity index (χ4n) is 3.23. The highest BCUT2D eigenvalue weighted by molar-refractivity contribution is 5.20. The van der Waals surface area contributed by atoms with Crippen molar-refractivity contribution < 1.29 is 8.91 Å². The fourth-order valence-corrected chi connectivity index (χ4v) is 3.23. The minimum atomic E-state index is -0.226. The normalized spacial score (nSPS) is 19.7. The van der Waals surface area contributed by atoms with Crippen LogP contribution in [0.5, 0.6) is 0 Å². The lowest BCUT2D eigenvalue weighted by Gasteiger charge is -2.33. The summed E-state index contributed by atoms with van der Waals surface area (Å²) in [7, 11) is 0. The summed E-state index contributed by atoms with van der Waals surface area (Å²) in [5.74, 6) is 1.89. The van der Waals surface area contributed by atoms with Crippen LogP contribution >= 0.6 is 0 Å². The van der Waals surface area contributed by atoms with Crippen molar-refractivity contribution in [2.24, 2.45) is 5.92 Å². The lowest BCUT2D eigenvalue weighted by atomic mass is 10.1. The highest BCUT2D eigenvalue weighted by Crippen LogP contribution is 2.29. The first-order chi connectivity index (χ1) is 11.8. The lowest BCUT2D eigenvalue weighted by Crippen LogP contribution is -2.46. The van der Waals surface area contributed by atoms with Crippen LogP contribution < -0.4 is 0 Å². The molecule has 1 saturated carbocycles. The number of aromatic nitrogens is 2. The summed E-state index contributed by atoms with van der Waals surface area (Å²) in [5.41, 5.74) is 0.596. The van der Waals surface area contributed by atoms with Gasteiger partial charge in [-0.3, -0.25) is 4.90 Å². The van der Waals surface area contributed by atoms with Gasteiger partial charge in [0.05, 0.1) is 6.54 Å². The molecule has 2 aromatic rings. The summed E-state index contributed by atoms with van der Waals surface area (Å²) in [6, 6.07) is 6.71. The molecule has 1 aromatic carbocycles. The van der Waals surface area contributed by atoms with Gasteiger partial charge in [-0.25, -0.2) is 4.39 Å². The van der Waals surface area contributed by atoms with Crippen LogP contribution in [-0.2, 0) is 13.0 Å². The Balaban J connectivity index is 1.28. The zero-order chi connectivity index (χ0) is 16.4. The van der Waals surface area contributed by atoms with Gasteiger partial charge in [0.15, 0.2) is 5.82 Å². The first kappa shape index (κ1) is 15.7. The van der Waals surface area contributed by atoms with Crippen molar-refractivity contribution in [3.63, 3.8) is 0 Å². The van der Waals surface area contributed by atoms with Gasteiger partial charge in [-0.1, -0.05) is 23.4 Å². The second-order valence-corrected chi connectivity index (χ2v) is 6.89. The molecular weight excluding hydrogens is 307 g/mol. The third kappa shape index (κ3) is 3.99. The van der Waals surface area contributed by atoms with Gasteiger partial charge in [-0.15, -0.1) is 0 Å². The SMILES string of the molecule is Fc1ccccc1Cc1noc(CN2CCN(CC3CC3)CC2)n1. The van der Waals surface area contributed by atoms with E-state index in [9.17, 15) is 4.39 Å². The van der Waals surface area contributed by atoms with Gasteiger partial charge in [0, 0.05) is 39.1 Å². The summed E-state index contributed by atoms with van der Waals surface area (Å²) in [4.78, 5) is 9.33. The summed E-state index contributed by atoms with van der Waals surface area (Å²) in [5, 5.41) is 3.99. The van der Waals surface area contributed by atoms with Crippen molar-refractivity contribution in [1.29, 1.82) is 0 Å². The molecule has 0 atom stereocenters. The number of hydrogen-bond acceptors (Lipinski definition) is 5. The molecule has 24 heavy (non-hydrogen) atoms. The Morgan fingerprint density at radius 1 is 1.08 bits per heavy atom. The van der Waals surface area contributed by atoms with Crippen molar-refractivity contribution in [2.75, 3.05) is 32.7 Å². The monoisotopic (exact) mass is 330 g/mol. The molecule has 5 nitrogen and oxygen atoms in total. The molecule has 2 heterocycles. The van der Waals surface area contributed by atoms with E-state index in [1.807, 2.05) is 6.07 Å². The van der Waals surface area contributed by atoms with E-state index < -0.39 is 0 Å². The number of hydrogen-bond donors (Lipinski definition) is 0. The quantitative estimate of drug-likeness (QED) is 0.813. The second kappa shape index (κ2) is 6.99. The van der Waals surface area contributed by atoms with E-state index in [4.69, 9.17) is 4.52 Å². The Kier molecular flexibility index (Phi) is 4.58. The lowest BCUT2D eigenvalue weighted by molar-refractivity contribution is 0.113. The third-order valence-electron chi connectivity index (χ3n) is 4.85. The van der Waals surface area contributed by atoms with Crippen LogP contribution in [-0.4, -0.2) is 52.7 Å². The Bertz CT molecular complexity index is 677. The zero-order valence-electron chi connectivity index (χ0n) is 13.8. The van der Waals surface area contributed by atoms with Crippen LogP contribution in [0.3, 0.4) is 0 Å². The van der Waals surface area contributed by atoms with Crippen molar-refractivity contribution in [1.82, 2.24) is 19.9 Å². The number of rotatable bonds is 6. The molecule has 1 aromatic heterocycles. The average Bonchev–Trinajstić information content (AvgIpc) is 3.30. The minimum Gasteiger partial charge on any atom is -0.338 e. The molecule has 0 spiro atoms. The predicted molar refractivity (Wildman–Crippen MR) is 87.9 cm³/mol. The molecule has 128 valence electrons. The van der Waals surface area contributed by atoms with E-state index in [-0.39, 0.29) is 5.82 Å². The highest BCUT2D eigenvalue weighted by atomic mass is 19.1. The number of nitrogens with zero attached hydrogens (tertiary/aromatic N) is 4. The number of benzene rings is 1. The van der Waals surface area contributed by atoms with Gasteiger partial charge in [0.25, 0.3) is 0 Å². The van der Waals surface area contributed by atoms with E-state index >= 15 is 0 Å². The Labute approximate surface area is 141 Å². The maximum absolute atomic E-state index is 13.7. The topological polar surface area (TPSA) is 45.4 Å². The van der Waals surface area contributed by atoms with E-state index in [0.717, 1.165) is 32.1 Å². The average molecular weight is 330 g/mol. The van der Waals surface area contributed by atoms with Crippen molar-refractivity contribution in [3.05, 3.63) is 47.4 Å². The Morgan fingerprint density at radius 3 is 2.58 bits per heavy atom. The molecule has 0 unspecified atom stereocenters. The molecule has 6 heteroatoms. The number of piperazine rings is 1. The van der Waals surface area contributed by atoms with Crippen LogP contribution in [0.15, 0.2) is 28.8 Å². The molecule has 0 bridgehead atoms. The standard InChI is InChI=1S/C18H23FN4O/c19-16-4-2-1-3-15(16)11-17-20-18(24-21-17)13-23-9-7-22(8-10-23)12-14-5-6-14/h1-4,14H,5-13H2. The zero-order valence-corrected chi connectivity index (χ0v) is 13.8. The van der Waals surface area contributed by atoms with E-state index in [1.165, 1.54) is 25.5 Å². The van der Waals surface area contributed by atoms with Crippen molar-refractivity contribution >= 4 is 0 Å². The smallest absolute Gasteiger partial charge is 0.240 e. The van der Waals surface area contributed by atoms with Crippen LogP contribution in [0.25, 0.3) is 0 Å². The van der Waals surface area contributed by atoms with Crippen molar-refractivity contribution in [3.8, 4) is 0 Å². The Hall–Kier alpha value is -1.79. The predicted octanol–water partition coefficient (Wildman–Crippen LogP) is 2.33. The third-order valence-corrected chi connectivity index (χ3v) is 4.85. The van der Waals surface area contributed by atoms with Crippen LogP contribution in [0.4, 0.5) is 4.39 Å². The maximum atomic E-state index is 13.7. The van der Waals surface area contributed by atoms with Gasteiger partial charge < -0.3 is 9.42 Å². The number of halogens is 1.